The van der Waals surface area contributed by atoms with Crippen molar-refractivity contribution in [1.29, 1.82) is 0 Å². The predicted molar refractivity (Wildman–Crippen MR) is 320 cm³/mol. The molecule has 26 heteroatoms. The average molecular weight is 1190 g/mol. The summed E-state index contributed by atoms with van der Waals surface area (Å²) in [6.45, 7) is 0.655. The van der Waals surface area contributed by atoms with E-state index in [0.29, 0.717) is 45.8 Å². The van der Waals surface area contributed by atoms with Gasteiger partial charge in [0.25, 0.3) is 0 Å². The minimum atomic E-state index is -1.32. The molecule has 452 valence electrons. The molecule has 1 aromatic heterocycles. The van der Waals surface area contributed by atoms with Gasteiger partial charge in [-0.05, 0) is 79.0 Å². The molecule has 25 nitrogen and oxygen atoms in total. The largest absolute Gasteiger partial charge is 0.370 e. The SMILES string of the molecule is CC(=O)N[C@H]1Cc2cccc(c2)C2=N[C@@H](CS2)C(=O)N2CCC[C@H]2C(=O)N[C@H](CC2CCCCC2)C(=O)N[C@@H](Cc2c[nH]c3ccccc23)C(=O)N[C@@H](CCCN=C(N)N)C(=O)N[C@H](C(N)=O)Cc2ccc(cc2)NC(=O)CNC(=O)CNC1=O. The van der Waals surface area contributed by atoms with Crippen LogP contribution in [0.1, 0.15) is 93.4 Å². The molecule has 0 radical (unpaired) electrons. The van der Waals surface area contributed by atoms with Crippen molar-refractivity contribution in [2.75, 3.05) is 37.2 Å². The van der Waals surface area contributed by atoms with Crippen LogP contribution in [0.2, 0.25) is 0 Å². The number of aromatic nitrogens is 1. The summed E-state index contributed by atoms with van der Waals surface area (Å²) in [5, 5.41) is 23.1. The van der Waals surface area contributed by atoms with Crippen molar-refractivity contribution in [2.45, 2.75) is 133 Å². The number of primary amides is 1. The van der Waals surface area contributed by atoms with Crippen LogP contribution >= 0.6 is 11.8 Å². The Kier molecular flexibility index (Phi) is 21.7. The zero-order valence-corrected chi connectivity index (χ0v) is 48.2. The normalized spacial score (nSPS) is 23.9. The minimum absolute atomic E-state index is 0.0214. The topological polar surface area (TPSA) is 389 Å². The third-order valence-electron chi connectivity index (χ3n) is 15.5. The van der Waals surface area contributed by atoms with Gasteiger partial charge in [-0.2, -0.15) is 0 Å². The monoisotopic (exact) mass is 1190 g/mol. The average Bonchev–Trinajstić information content (AvgIpc) is 4.51. The fourth-order valence-electron chi connectivity index (χ4n) is 11.2. The van der Waals surface area contributed by atoms with Crippen molar-refractivity contribution in [3.8, 4) is 0 Å². The first-order valence-corrected chi connectivity index (χ1v) is 29.8. The van der Waals surface area contributed by atoms with Crippen LogP contribution in [0, 0.1) is 5.92 Å². The standard InChI is InChI=1S/C59H75N15O10S/c1-33(75)67-44-27-36-12-7-13-37(24-36)57-73-47(32-85-57)58(84)74-23-9-17-48(74)56(83)72-45(26-34-10-3-2-4-11-34)54(81)71-46(28-38-29-64-41-15-6-5-14-40(38)41)55(82)69-42(16-8-22-63-59(61)62)53(80)70-43(51(60)78)25-35-18-20-39(21-19-35)68-50(77)31-65-49(76)30-66-52(44)79/h5-7,12-15,18-21,24,29,34,42-48,64H,2-4,8-11,16-17,22-23,25-28,30-32H2,1H3,(H2,60,78)(H,65,76)(H,66,79)(H,67,75)(H,68,77)(H,69,82)(H,70,80)(H,71,81)(H,72,83)(H4,61,62,63)/t42-,43-,44-,45+,46-,47-,48-/m0/s1. The van der Waals surface area contributed by atoms with Crippen molar-refractivity contribution in [2.24, 2.45) is 33.1 Å². The lowest BCUT2D eigenvalue weighted by Gasteiger charge is -2.31. The molecular formula is C59H75N15O10S. The molecule has 0 spiro atoms. The Morgan fingerprint density at radius 2 is 1.45 bits per heavy atom. The first-order valence-electron chi connectivity index (χ1n) is 28.8. The van der Waals surface area contributed by atoms with E-state index in [1.54, 1.807) is 48.7 Å². The van der Waals surface area contributed by atoms with E-state index in [1.807, 2.05) is 30.3 Å². The Labute approximate surface area is 495 Å². The van der Waals surface area contributed by atoms with Gasteiger partial charge in [-0.3, -0.25) is 57.9 Å². The van der Waals surface area contributed by atoms with Crippen molar-refractivity contribution < 1.29 is 47.9 Å². The van der Waals surface area contributed by atoms with Crippen LogP contribution in [-0.4, -0.2) is 154 Å². The van der Waals surface area contributed by atoms with Crippen molar-refractivity contribution in [1.82, 2.24) is 47.1 Å². The van der Waals surface area contributed by atoms with Crippen molar-refractivity contribution in [3.63, 3.8) is 0 Å². The number of para-hydroxylation sites is 1. The van der Waals surface area contributed by atoms with Crippen LogP contribution < -0.4 is 59.7 Å². The van der Waals surface area contributed by atoms with Crippen LogP contribution in [0.3, 0.4) is 0 Å². The van der Waals surface area contributed by atoms with Gasteiger partial charge in [-0.25, -0.2) is 0 Å². The molecule has 1 saturated carbocycles. The Bertz CT molecular complexity index is 3190. The van der Waals surface area contributed by atoms with Crippen LogP contribution in [0.5, 0.6) is 0 Å². The number of carbonyl (C=O) groups excluding carboxylic acids is 10. The smallest absolute Gasteiger partial charge is 0.248 e. The molecule has 5 heterocycles. The van der Waals surface area contributed by atoms with Gasteiger partial charge >= 0.3 is 0 Å². The molecule has 1 saturated heterocycles. The molecule has 85 heavy (non-hydrogen) atoms. The summed E-state index contributed by atoms with van der Waals surface area (Å²) in [5.74, 6) is -6.16. The summed E-state index contributed by atoms with van der Waals surface area (Å²) in [6, 6.07) is 13.0. The molecule has 2 fully saturated rings. The number of benzene rings is 3. The van der Waals surface area contributed by atoms with Crippen LogP contribution in [0.15, 0.2) is 89.0 Å². The van der Waals surface area contributed by atoms with E-state index in [-0.39, 0.29) is 75.2 Å². The first-order chi connectivity index (χ1) is 40.9. The van der Waals surface area contributed by atoms with E-state index >= 15 is 0 Å². The van der Waals surface area contributed by atoms with Gasteiger partial charge in [0.1, 0.15) is 42.3 Å². The van der Waals surface area contributed by atoms with E-state index < -0.39 is 109 Å². The maximum Gasteiger partial charge on any atom is 0.248 e. The number of hydrogen-bond donors (Lipinski definition) is 12. The second kappa shape index (κ2) is 29.6. The zero-order chi connectivity index (χ0) is 60.6. The quantitative estimate of drug-likeness (QED) is 0.0437. The highest BCUT2D eigenvalue weighted by atomic mass is 32.2. The number of aromatic amines is 1. The van der Waals surface area contributed by atoms with Gasteiger partial charge < -0.3 is 69.6 Å². The Balaban J connectivity index is 1.10. The number of fused-ring (bicyclic) bond motifs is 24. The zero-order valence-electron chi connectivity index (χ0n) is 47.4. The number of thioether (sulfide) groups is 1. The number of guanidine groups is 1. The molecular weight excluding hydrogens is 1110 g/mol. The van der Waals surface area contributed by atoms with E-state index in [2.05, 4.69) is 52.5 Å². The number of rotatable bonds is 10. The fraction of sp³-hybridized carbons (Fsp3) is 0.458. The van der Waals surface area contributed by atoms with E-state index in [0.717, 1.165) is 43.0 Å². The number of nitrogens with zero attached hydrogens (tertiary/aromatic N) is 3. The molecule has 6 bridgehead atoms. The van der Waals surface area contributed by atoms with Crippen LogP contribution in [0.25, 0.3) is 10.9 Å². The highest BCUT2D eigenvalue weighted by Crippen LogP contribution is 2.30. The molecule has 1 aliphatic carbocycles. The number of nitrogens with one attached hydrogen (secondary N) is 9. The van der Waals surface area contributed by atoms with Crippen molar-refractivity contribution >= 4 is 98.4 Å². The molecule has 10 amide bonds. The number of hydrogen-bond acceptors (Lipinski definition) is 13. The summed E-state index contributed by atoms with van der Waals surface area (Å²) in [7, 11) is 0. The highest BCUT2D eigenvalue weighted by Gasteiger charge is 2.41. The van der Waals surface area contributed by atoms with E-state index in [4.69, 9.17) is 22.2 Å². The summed E-state index contributed by atoms with van der Waals surface area (Å²) >= 11 is 1.36. The van der Waals surface area contributed by atoms with Gasteiger partial charge in [-0.15, -0.1) is 11.8 Å². The van der Waals surface area contributed by atoms with Gasteiger partial charge in [0, 0.05) is 73.4 Å². The molecule has 4 aromatic rings. The maximum atomic E-state index is 15.0. The summed E-state index contributed by atoms with van der Waals surface area (Å²) in [6.07, 6.45) is 7.50. The van der Waals surface area contributed by atoms with E-state index in [9.17, 15) is 47.9 Å². The number of H-pyrrole nitrogens is 1. The lowest BCUT2D eigenvalue weighted by atomic mass is 9.84. The number of amides is 10. The maximum absolute atomic E-state index is 15.0. The molecule has 0 unspecified atom stereocenters. The Hall–Kier alpha value is -8.81. The van der Waals surface area contributed by atoms with Gasteiger partial charge in [-0.1, -0.05) is 80.6 Å². The second-order valence-corrected chi connectivity index (χ2v) is 23.0. The second-order valence-electron chi connectivity index (χ2n) is 22.0. The van der Waals surface area contributed by atoms with Gasteiger partial charge in [0.2, 0.25) is 59.1 Å². The minimum Gasteiger partial charge on any atom is -0.370 e. The Morgan fingerprint density at radius 3 is 2.20 bits per heavy atom. The number of nitrogens with two attached hydrogens (primary N) is 3. The Morgan fingerprint density at radius 1 is 0.729 bits per heavy atom. The van der Waals surface area contributed by atoms with Crippen LogP contribution in [0.4, 0.5) is 5.69 Å². The molecule has 15 N–H and O–H groups in total. The molecule has 9 rings (SSSR count). The number of aliphatic imine (C=N–C) groups is 2. The number of carbonyl (C=O) groups is 10. The number of anilines is 1. The molecule has 4 aliphatic heterocycles. The molecule has 7 atom stereocenters. The predicted octanol–water partition coefficient (Wildman–Crippen LogP) is 0.186. The fourth-order valence-corrected chi connectivity index (χ4v) is 12.2. The van der Waals surface area contributed by atoms with Crippen LogP contribution in [-0.2, 0) is 67.2 Å². The van der Waals surface area contributed by atoms with Gasteiger partial charge in [0.05, 0.1) is 18.1 Å². The van der Waals surface area contributed by atoms with E-state index in [1.165, 1.54) is 23.6 Å². The summed E-state index contributed by atoms with van der Waals surface area (Å²) in [4.78, 5) is 152. The summed E-state index contributed by atoms with van der Waals surface area (Å²) in [5.41, 5.74) is 20.7. The third-order valence-corrected chi connectivity index (χ3v) is 16.6. The van der Waals surface area contributed by atoms with Gasteiger partial charge in [0.15, 0.2) is 5.96 Å². The van der Waals surface area contributed by atoms with Crippen molar-refractivity contribution in [3.05, 3.63) is 101 Å². The lowest BCUT2D eigenvalue weighted by Crippen LogP contribution is -2.59. The summed E-state index contributed by atoms with van der Waals surface area (Å²) < 4.78 is 0. The molecule has 3 aromatic carbocycles. The molecule has 5 aliphatic rings. The highest BCUT2D eigenvalue weighted by molar-refractivity contribution is 8.14. The first kappa shape index (κ1) is 62.2. The third kappa shape index (κ3) is 17.6. The lowest BCUT2D eigenvalue weighted by molar-refractivity contribution is -0.140.